The monoisotopic (exact) mass is 361 g/mol. The molecule has 0 aliphatic heterocycles. The maximum Gasteiger partial charge on any atom is 0.0600 e. The summed E-state index contributed by atoms with van der Waals surface area (Å²) in [5.41, 5.74) is 2.68. The molecule has 0 heterocycles. The minimum absolute atomic E-state index is 0.326. The van der Waals surface area contributed by atoms with Crippen molar-refractivity contribution in [1.82, 2.24) is 4.90 Å². The van der Waals surface area contributed by atoms with E-state index in [0.717, 1.165) is 13.1 Å². The van der Waals surface area contributed by atoms with E-state index in [4.69, 9.17) is 4.74 Å². The van der Waals surface area contributed by atoms with Crippen molar-refractivity contribution >= 4 is 15.9 Å². The Labute approximate surface area is 142 Å². The first-order valence-electron chi connectivity index (χ1n) is 7.66. The van der Waals surface area contributed by atoms with Crippen LogP contribution in [0.2, 0.25) is 0 Å². The van der Waals surface area contributed by atoms with Crippen molar-refractivity contribution in [2.75, 3.05) is 20.3 Å². The summed E-state index contributed by atoms with van der Waals surface area (Å²) in [5.74, 6) is 0. The molecule has 0 aliphatic rings. The van der Waals surface area contributed by atoms with E-state index in [1.807, 2.05) is 0 Å². The molecule has 2 rings (SSSR count). The molecule has 0 aliphatic carbocycles. The van der Waals surface area contributed by atoms with Crippen molar-refractivity contribution in [3.63, 3.8) is 0 Å². The Morgan fingerprint density at radius 3 is 2.18 bits per heavy atom. The minimum atomic E-state index is 0.326. The number of ether oxygens (including phenoxy) is 1. The van der Waals surface area contributed by atoms with Crippen LogP contribution in [0.5, 0.6) is 0 Å². The lowest BCUT2D eigenvalue weighted by molar-refractivity contribution is 0.156. The molecule has 0 aromatic heterocycles. The van der Waals surface area contributed by atoms with Crippen molar-refractivity contribution < 1.29 is 4.74 Å². The number of methoxy groups -OCH3 is 1. The van der Waals surface area contributed by atoms with Crippen LogP contribution in [-0.2, 0) is 11.3 Å². The highest BCUT2D eigenvalue weighted by Crippen LogP contribution is 2.23. The molecule has 0 N–H and O–H groups in total. The molecule has 0 saturated heterocycles. The molecule has 3 heteroatoms. The van der Waals surface area contributed by atoms with Gasteiger partial charge >= 0.3 is 0 Å². The van der Waals surface area contributed by atoms with Gasteiger partial charge in [-0.1, -0.05) is 76.6 Å². The highest BCUT2D eigenvalue weighted by molar-refractivity contribution is 9.09. The smallest absolute Gasteiger partial charge is 0.0600 e. The molecule has 0 bridgehead atoms. The molecule has 0 amide bonds. The molecular formula is C19H24BrNO. The largest absolute Gasteiger partial charge is 0.383 e. The number of hydrogen-bond acceptors (Lipinski definition) is 2. The van der Waals surface area contributed by atoms with Crippen LogP contribution in [0.3, 0.4) is 0 Å². The lowest BCUT2D eigenvalue weighted by atomic mass is 10.1. The van der Waals surface area contributed by atoms with Crippen LogP contribution < -0.4 is 0 Å². The van der Waals surface area contributed by atoms with Crippen LogP contribution in [-0.4, -0.2) is 30.0 Å². The summed E-state index contributed by atoms with van der Waals surface area (Å²) >= 11 is 3.73. The number of benzene rings is 2. The summed E-state index contributed by atoms with van der Waals surface area (Å²) < 4.78 is 5.27. The Morgan fingerprint density at radius 1 is 1.00 bits per heavy atom. The SMILES string of the molecule is COC[C@H](Br)CN(Cc1ccccc1)[C@H](C)c1ccccc1. The van der Waals surface area contributed by atoms with Gasteiger partial charge < -0.3 is 4.74 Å². The third-order valence-corrected chi connectivity index (χ3v) is 4.39. The maximum atomic E-state index is 5.27. The molecule has 2 aromatic rings. The van der Waals surface area contributed by atoms with Crippen molar-refractivity contribution in [3.8, 4) is 0 Å². The van der Waals surface area contributed by atoms with Crippen LogP contribution in [0, 0.1) is 0 Å². The van der Waals surface area contributed by atoms with E-state index >= 15 is 0 Å². The molecule has 22 heavy (non-hydrogen) atoms. The Balaban J connectivity index is 2.13. The van der Waals surface area contributed by atoms with Gasteiger partial charge in [-0.15, -0.1) is 0 Å². The molecule has 0 saturated carbocycles. The number of hydrogen-bond donors (Lipinski definition) is 0. The van der Waals surface area contributed by atoms with Crippen LogP contribution in [0.25, 0.3) is 0 Å². The van der Waals surface area contributed by atoms with Gasteiger partial charge in [-0.25, -0.2) is 0 Å². The van der Waals surface area contributed by atoms with Crippen molar-refractivity contribution in [1.29, 1.82) is 0 Å². The van der Waals surface area contributed by atoms with E-state index in [9.17, 15) is 0 Å². The lowest BCUT2D eigenvalue weighted by Gasteiger charge is -2.31. The summed E-state index contributed by atoms with van der Waals surface area (Å²) in [6, 6.07) is 21.7. The highest BCUT2D eigenvalue weighted by atomic mass is 79.9. The van der Waals surface area contributed by atoms with Gasteiger partial charge in [0.25, 0.3) is 0 Å². The standard InChI is InChI=1S/C19H24BrNO/c1-16(18-11-7-4-8-12-18)21(14-19(20)15-22-2)13-17-9-5-3-6-10-17/h3-12,16,19H,13-15H2,1-2H3/t16-,19-/m1/s1. The second kappa shape index (κ2) is 9.09. The average Bonchev–Trinajstić information content (AvgIpc) is 2.55. The van der Waals surface area contributed by atoms with E-state index in [0.29, 0.717) is 17.5 Å². The predicted molar refractivity (Wildman–Crippen MR) is 96.3 cm³/mol. The maximum absolute atomic E-state index is 5.27. The molecule has 2 atom stereocenters. The third kappa shape index (κ3) is 5.24. The molecule has 0 unspecified atom stereocenters. The summed E-state index contributed by atoms with van der Waals surface area (Å²) in [5, 5.41) is 0. The van der Waals surface area contributed by atoms with Gasteiger partial charge in [0.05, 0.1) is 11.4 Å². The third-order valence-electron chi connectivity index (χ3n) is 3.84. The number of rotatable bonds is 8. The summed E-state index contributed by atoms with van der Waals surface area (Å²) in [4.78, 5) is 2.82. The van der Waals surface area contributed by atoms with E-state index < -0.39 is 0 Å². The van der Waals surface area contributed by atoms with Crippen molar-refractivity contribution in [3.05, 3.63) is 71.8 Å². The van der Waals surface area contributed by atoms with Crippen LogP contribution in [0.1, 0.15) is 24.1 Å². The molecule has 0 fully saturated rings. The first kappa shape index (κ1) is 17.2. The van der Waals surface area contributed by atoms with Crippen LogP contribution in [0.4, 0.5) is 0 Å². The van der Waals surface area contributed by atoms with Crippen molar-refractivity contribution in [2.45, 2.75) is 24.3 Å². The number of alkyl halides is 1. The molecule has 0 radical (unpaired) electrons. The second-order valence-electron chi connectivity index (χ2n) is 5.55. The van der Waals surface area contributed by atoms with Gasteiger partial charge in [0.15, 0.2) is 0 Å². The van der Waals surface area contributed by atoms with Crippen LogP contribution >= 0.6 is 15.9 Å². The van der Waals surface area contributed by atoms with Crippen molar-refractivity contribution in [2.24, 2.45) is 0 Å². The Hall–Kier alpha value is -1.16. The molecule has 2 nitrogen and oxygen atoms in total. The topological polar surface area (TPSA) is 12.5 Å². The van der Waals surface area contributed by atoms with Gasteiger partial charge in [0.1, 0.15) is 0 Å². The quantitative estimate of drug-likeness (QED) is 0.634. The predicted octanol–water partition coefficient (Wildman–Crippen LogP) is 4.66. The van der Waals surface area contributed by atoms with Gasteiger partial charge in [-0.2, -0.15) is 0 Å². The molecule has 0 spiro atoms. The zero-order valence-electron chi connectivity index (χ0n) is 13.3. The van der Waals surface area contributed by atoms with E-state index in [1.54, 1.807) is 7.11 Å². The lowest BCUT2D eigenvalue weighted by Crippen LogP contribution is -2.33. The average molecular weight is 362 g/mol. The fourth-order valence-electron chi connectivity index (χ4n) is 2.61. The molecular weight excluding hydrogens is 338 g/mol. The zero-order valence-corrected chi connectivity index (χ0v) is 14.9. The van der Waals surface area contributed by atoms with Gasteiger partial charge in [-0.05, 0) is 18.1 Å². The van der Waals surface area contributed by atoms with Gasteiger partial charge in [0, 0.05) is 26.2 Å². The van der Waals surface area contributed by atoms with Gasteiger partial charge in [0.2, 0.25) is 0 Å². The Kier molecular flexibility index (Phi) is 7.10. The van der Waals surface area contributed by atoms with E-state index in [2.05, 4.69) is 88.4 Å². The Bertz CT molecular complexity index is 532. The number of nitrogens with zero attached hydrogens (tertiary/aromatic N) is 1. The minimum Gasteiger partial charge on any atom is -0.383 e. The Morgan fingerprint density at radius 2 is 1.59 bits per heavy atom. The van der Waals surface area contributed by atoms with Crippen LogP contribution in [0.15, 0.2) is 60.7 Å². The normalized spacial score (nSPS) is 14.0. The molecule has 2 aromatic carbocycles. The van der Waals surface area contributed by atoms with E-state index in [1.165, 1.54) is 11.1 Å². The first-order valence-corrected chi connectivity index (χ1v) is 8.58. The van der Waals surface area contributed by atoms with E-state index in [-0.39, 0.29) is 0 Å². The fourth-order valence-corrected chi connectivity index (χ4v) is 3.24. The second-order valence-corrected chi connectivity index (χ2v) is 6.85. The summed E-state index contributed by atoms with van der Waals surface area (Å²) in [6.45, 7) is 4.86. The summed E-state index contributed by atoms with van der Waals surface area (Å²) in [6.07, 6.45) is 0. The molecule has 118 valence electrons. The van der Waals surface area contributed by atoms with Gasteiger partial charge in [-0.3, -0.25) is 4.90 Å². The fraction of sp³-hybridized carbons (Fsp3) is 0.368. The zero-order chi connectivity index (χ0) is 15.8. The highest BCUT2D eigenvalue weighted by Gasteiger charge is 2.19. The first-order chi connectivity index (χ1) is 10.7. The number of halogens is 1. The summed E-state index contributed by atoms with van der Waals surface area (Å²) in [7, 11) is 1.75.